The molecule has 10 heteroatoms. The van der Waals surface area contributed by atoms with Gasteiger partial charge in [0.05, 0.1) is 36.2 Å². The zero-order valence-corrected chi connectivity index (χ0v) is 34.7. The monoisotopic (exact) mass is 751 g/mol. The van der Waals surface area contributed by atoms with Gasteiger partial charge in [-0.1, -0.05) is 82.6 Å². The Hall–Kier alpha value is -4.54. The van der Waals surface area contributed by atoms with Crippen molar-refractivity contribution in [3.8, 4) is 16.8 Å². The number of nitrogens with zero attached hydrogens (tertiary/aromatic N) is 3. The predicted molar refractivity (Wildman–Crippen MR) is 216 cm³/mol. The van der Waals surface area contributed by atoms with Gasteiger partial charge in [0, 0.05) is 17.7 Å². The molecule has 0 N–H and O–H groups in total. The van der Waals surface area contributed by atoms with Gasteiger partial charge in [-0.15, -0.1) is 0 Å². The van der Waals surface area contributed by atoms with Crippen LogP contribution in [0.3, 0.4) is 0 Å². The molecule has 1 atom stereocenters. The Morgan fingerprint density at radius 3 is 2.17 bits per heavy atom. The van der Waals surface area contributed by atoms with Crippen LogP contribution in [0.15, 0.2) is 72.8 Å². The molecule has 1 unspecified atom stereocenters. The lowest BCUT2D eigenvalue weighted by Gasteiger charge is -2.41. The molecule has 54 heavy (non-hydrogen) atoms. The first-order valence-corrected chi connectivity index (χ1v) is 22.1. The number of fused-ring (bicyclic) bond motifs is 1. The molecule has 5 rings (SSSR count). The van der Waals surface area contributed by atoms with Crippen LogP contribution in [0.1, 0.15) is 116 Å². The zero-order chi connectivity index (χ0) is 39.4. The summed E-state index contributed by atoms with van der Waals surface area (Å²) in [7, 11) is -2.17. The summed E-state index contributed by atoms with van der Waals surface area (Å²) in [5.41, 5.74) is 4.74. The van der Waals surface area contributed by atoms with Gasteiger partial charge in [0.2, 0.25) is 0 Å². The van der Waals surface area contributed by atoms with Crippen molar-refractivity contribution in [2.45, 2.75) is 117 Å². The molecule has 0 bridgehead atoms. The first-order chi connectivity index (χ1) is 25.5. The quantitative estimate of drug-likeness (QED) is 0.105. The maximum Gasteiger partial charge on any atom is 0.359 e. The Morgan fingerprint density at radius 1 is 0.870 bits per heavy atom. The molecule has 0 radical (unpaired) electrons. The second-order valence-corrected chi connectivity index (χ2v) is 21.4. The fourth-order valence-corrected chi connectivity index (χ4v) is 7.53. The van der Waals surface area contributed by atoms with E-state index >= 15 is 4.79 Å². The zero-order valence-electron chi connectivity index (χ0n) is 33.7. The topological polar surface area (TPSA) is 100.0 Å². The van der Waals surface area contributed by atoms with Gasteiger partial charge in [0.15, 0.2) is 14.0 Å². The van der Waals surface area contributed by atoms with E-state index in [1.165, 1.54) is 5.56 Å². The van der Waals surface area contributed by atoms with Crippen LogP contribution < -0.4 is 0 Å². The Morgan fingerprint density at radius 2 is 1.54 bits per heavy atom. The largest absolute Gasteiger partial charge is 0.461 e. The fraction of sp³-hybridized carbons (Fsp3) is 0.455. The number of aromatic nitrogens is 2. The molecule has 0 spiro atoms. The summed E-state index contributed by atoms with van der Waals surface area (Å²) in [5, 5.41) is 4.87. The molecule has 9 nitrogen and oxygen atoms in total. The van der Waals surface area contributed by atoms with Gasteiger partial charge in [0.1, 0.15) is 5.60 Å². The summed E-state index contributed by atoms with van der Waals surface area (Å²) in [6, 6.07) is 22.7. The normalized spacial score (nSPS) is 14.8. The van der Waals surface area contributed by atoms with Crippen LogP contribution in [0, 0.1) is 0 Å². The lowest BCUT2D eigenvalue weighted by atomic mass is 9.90. The van der Waals surface area contributed by atoms with E-state index in [9.17, 15) is 9.59 Å². The van der Waals surface area contributed by atoms with E-state index in [0.717, 1.165) is 29.8 Å². The molecule has 4 aromatic rings. The Bertz CT molecular complexity index is 1970. The molecule has 0 fully saturated rings. The fourth-order valence-electron chi connectivity index (χ4n) is 6.49. The number of hydrogen-bond donors (Lipinski definition) is 0. The number of rotatable bonds is 12. The summed E-state index contributed by atoms with van der Waals surface area (Å²) in [6.07, 6.45) is 2.94. The van der Waals surface area contributed by atoms with Crippen LogP contribution in [0.2, 0.25) is 18.1 Å². The summed E-state index contributed by atoms with van der Waals surface area (Å²) >= 11 is 0. The number of amides is 1. The first-order valence-electron chi connectivity index (χ1n) is 19.2. The van der Waals surface area contributed by atoms with Crippen molar-refractivity contribution in [1.29, 1.82) is 0 Å². The van der Waals surface area contributed by atoms with Crippen LogP contribution in [-0.2, 0) is 33.3 Å². The number of ether oxygens (including phenoxy) is 2. The average molecular weight is 752 g/mol. The lowest BCUT2D eigenvalue weighted by Crippen LogP contribution is -2.50. The van der Waals surface area contributed by atoms with E-state index in [1.807, 2.05) is 68.1 Å². The van der Waals surface area contributed by atoms with E-state index < -0.39 is 25.9 Å². The number of hydrogen-bond acceptors (Lipinski definition) is 7. The minimum absolute atomic E-state index is 0.0133. The van der Waals surface area contributed by atoms with E-state index in [2.05, 4.69) is 52.9 Å². The Kier molecular flexibility index (Phi) is 12.4. The molecule has 3 aromatic carbocycles. The molecule has 1 aromatic heterocycles. The SMILES string of the molecule is CCCCc1c(-c2ccc(C(=O)OC(C)(C)C)cc2C(=O)N2Cc3ccccc3CC2CO[Si](C)(C)C(C)(C)C)c(C(=O)OCC)nn1-c1ccccc1. The number of esters is 2. The summed E-state index contributed by atoms with van der Waals surface area (Å²) in [4.78, 5) is 44.7. The molecule has 0 saturated carbocycles. The highest BCUT2D eigenvalue weighted by molar-refractivity contribution is 6.74. The van der Waals surface area contributed by atoms with Gasteiger partial charge in [-0.2, -0.15) is 5.10 Å². The van der Waals surface area contributed by atoms with Crippen LogP contribution >= 0.6 is 0 Å². The molecule has 0 saturated heterocycles. The van der Waals surface area contributed by atoms with Gasteiger partial charge in [-0.05, 0) is 106 Å². The van der Waals surface area contributed by atoms with Gasteiger partial charge in [-0.3, -0.25) is 4.79 Å². The predicted octanol–water partition coefficient (Wildman–Crippen LogP) is 9.60. The first kappa shape index (κ1) is 40.6. The highest BCUT2D eigenvalue weighted by Crippen LogP contribution is 2.39. The molecule has 2 heterocycles. The van der Waals surface area contributed by atoms with Crippen LogP contribution in [0.25, 0.3) is 16.8 Å². The number of benzene rings is 3. The van der Waals surface area contributed by atoms with Gasteiger partial charge >= 0.3 is 11.9 Å². The van der Waals surface area contributed by atoms with Crippen molar-refractivity contribution in [2.75, 3.05) is 13.2 Å². The summed E-state index contributed by atoms with van der Waals surface area (Å²) in [6.45, 7) is 21.3. The van der Waals surface area contributed by atoms with Gasteiger partial charge in [-0.25, -0.2) is 14.3 Å². The van der Waals surface area contributed by atoms with Crippen molar-refractivity contribution in [1.82, 2.24) is 14.7 Å². The standard InChI is InChI=1S/C44H57N3O6Si/c1-11-13-23-37-38(39(42(50)51-12-2)45-47(37)33-21-15-14-16-22-33)35-25-24-31(41(49)53-43(3,4)5)27-36(35)40(48)46-28-32-20-18-17-19-30(32)26-34(46)29-52-54(9,10)44(6,7)8/h14-22,24-25,27,34H,11-13,23,26,28-29H2,1-10H3. The number of unbranched alkanes of at least 4 members (excludes halogenated alkanes) is 1. The molecule has 288 valence electrons. The van der Waals surface area contributed by atoms with Crippen molar-refractivity contribution in [2.24, 2.45) is 0 Å². The van der Waals surface area contributed by atoms with Crippen molar-refractivity contribution < 1.29 is 28.3 Å². The third kappa shape index (κ3) is 9.04. The highest BCUT2D eigenvalue weighted by atomic mass is 28.4. The maximum absolute atomic E-state index is 15.4. The van der Waals surface area contributed by atoms with Gasteiger partial charge in [0.25, 0.3) is 5.91 Å². The maximum atomic E-state index is 15.4. The van der Waals surface area contributed by atoms with Crippen LogP contribution in [0.5, 0.6) is 0 Å². The van der Waals surface area contributed by atoms with E-state index in [0.29, 0.717) is 37.1 Å². The molecule has 0 aliphatic carbocycles. The minimum Gasteiger partial charge on any atom is -0.461 e. The second-order valence-electron chi connectivity index (χ2n) is 16.6. The summed E-state index contributed by atoms with van der Waals surface area (Å²) < 4.78 is 19.9. The smallest absolute Gasteiger partial charge is 0.359 e. The third-order valence-electron chi connectivity index (χ3n) is 10.4. The third-order valence-corrected chi connectivity index (χ3v) is 14.9. The Balaban J connectivity index is 1.74. The Labute approximate surface area is 322 Å². The number of carbonyl (C=O) groups is 3. The lowest BCUT2D eigenvalue weighted by molar-refractivity contribution is 0.00691. The minimum atomic E-state index is -2.17. The van der Waals surface area contributed by atoms with Crippen molar-refractivity contribution in [3.05, 3.63) is 106 Å². The van der Waals surface area contributed by atoms with Gasteiger partial charge < -0.3 is 18.8 Å². The van der Waals surface area contributed by atoms with Crippen LogP contribution in [0.4, 0.5) is 0 Å². The molecular formula is C44H57N3O6Si. The molecule has 1 aliphatic heterocycles. The second kappa shape index (κ2) is 16.4. The number of carbonyl (C=O) groups excluding carboxylic acids is 3. The van der Waals surface area contributed by atoms with Crippen molar-refractivity contribution >= 4 is 26.2 Å². The van der Waals surface area contributed by atoms with Crippen molar-refractivity contribution in [3.63, 3.8) is 0 Å². The van der Waals surface area contributed by atoms with E-state index in [4.69, 9.17) is 19.0 Å². The average Bonchev–Trinajstić information content (AvgIpc) is 3.50. The highest BCUT2D eigenvalue weighted by Gasteiger charge is 2.40. The van der Waals surface area contributed by atoms with E-state index in [1.54, 1.807) is 29.8 Å². The molecular weight excluding hydrogens is 695 g/mol. The molecule has 1 aliphatic rings. The summed E-state index contributed by atoms with van der Waals surface area (Å²) in [5.74, 6) is -1.39. The van der Waals surface area contributed by atoms with Crippen LogP contribution in [-0.4, -0.2) is 65.7 Å². The van der Waals surface area contributed by atoms with E-state index in [-0.39, 0.29) is 40.4 Å². The molecule has 1 amide bonds. The number of para-hydroxylation sites is 1.